The van der Waals surface area contributed by atoms with Crippen molar-refractivity contribution in [3.8, 4) is 0 Å². The number of rotatable bonds is 1. The van der Waals surface area contributed by atoms with Crippen LogP contribution in [0, 0.1) is 5.92 Å². The van der Waals surface area contributed by atoms with E-state index in [1.807, 2.05) is 12.3 Å². The highest BCUT2D eigenvalue weighted by atomic mass is 16.1. The Morgan fingerprint density at radius 3 is 2.94 bits per heavy atom. The first-order valence-corrected chi connectivity index (χ1v) is 6.83. The van der Waals surface area contributed by atoms with E-state index in [-0.39, 0.29) is 5.92 Å². The standard InChI is InChI=1S/C15H19NO/c17-14-7-3-1-2-6-12(14)13-9-8-11-5-4-10-16-15(11)13/h4-5,10,12-13H,1-3,6-9H2. The smallest absolute Gasteiger partial charge is 0.136 e. The van der Waals surface area contributed by atoms with Gasteiger partial charge in [0.2, 0.25) is 0 Å². The number of ketones is 1. The molecule has 2 aliphatic rings. The van der Waals surface area contributed by atoms with Gasteiger partial charge in [0.15, 0.2) is 0 Å². The first-order chi connectivity index (χ1) is 8.36. The molecular weight excluding hydrogens is 210 g/mol. The Morgan fingerprint density at radius 2 is 2.00 bits per heavy atom. The summed E-state index contributed by atoms with van der Waals surface area (Å²) in [6.45, 7) is 0. The molecule has 2 unspecified atom stereocenters. The zero-order valence-electron chi connectivity index (χ0n) is 10.2. The van der Waals surface area contributed by atoms with Crippen molar-refractivity contribution in [2.45, 2.75) is 50.9 Å². The summed E-state index contributed by atoms with van der Waals surface area (Å²) in [5, 5.41) is 0. The van der Waals surface area contributed by atoms with Gasteiger partial charge >= 0.3 is 0 Å². The molecule has 2 heteroatoms. The van der Waals surface area contributed by atoms with Crippen molar-refractivity contribution in [3.05, 3.63) is 29.6 Å². The Balaban J connectivity index is 1.87. The molecule has 17 heavy (non-hydrogen) atoms. The molecule has 1 fully saturated rings. The number of nitrogens with zero attached hydrogens (tertiary/aromatic N) is 1. The summed E-state index contributed by atoms with van der Waals surface area (Å²) in [5.74, 6) is 1.16. The quantitative estimate of drug-likeness (QED) is 0.692. The molecule has 2 aliphatic carbocycles. The molecule has 0 amide bonds. The highest BCUT2D eigenvalue weighted by Gasteiger charge is 2.35. The number of aryl methyl sites for hydroxylation is 1. The number of carbonyl (C=O) groups is 1. The van der Waals surface area contributed by atoms with E-state index in [1.54, 1.807) is 0 Å². The maximum Gasteiger partial charge on any atom is 0.136 e. The summed E-state index contributed by atoms with van der Waals surface area (Å²) >= 11 is 0. The van der Waals surface area contributed by atoms with Gasteiger partial charge in [0.1, 0.15) is 5.78 Å². The fourth-order valence-electron chi connectivity index (χ4n) is 3.45. The average molecular weight is 229 g/mol. The van der Waals surface area contributed by atoms with Crippen molar-refractivity contribution in [2.75, 3.05) is 0 Å². The zero-order valence-corrected chi connectivity index (χ0v) is 10.2. The molecule has 2 atom stereocenters. The average Bonchev–Trinajstić information content (AvgIpc) is 2.66. The fraction of sp³-hybridized carbons (Fsp3) is 0.600. The number of pyridine rings is 1. The van der Waals surface area contributed by atoms with Gasteiger partial charge in [-0.2, -0.15) is 0 Å². The van der Waals surface area contributed by atoms with Crippen molar-refractivity contribution in [1.29, 1.82) is 0 Å². The maximum atomic E-state index is 12.2. The van der Waals surface area contributed by atoms with Gasteiger partial charge in [0.05, 0.1) is 0 Å². The Hall–Kier alpha value is -1.18. The second kappa shape index (κ2) is 4.59. The van der Waals surface area contributed by atoms with E-state index in [1.165, 1.54) is 24.1 Å². The Kier molecular flexibility index (Phi) is 2.96. The molecule has 0 aliphatic heterocycles. The lowest BCUT2D eigenvalue weighted by molar-refractivity contribution is -0.123. The minimum absolute atomic E-state index is 0.258. The third kappa shape index (κ3) is 2.01. The number of aromatic nitrogens is 1. The van der Waals surface area contributed by atoms with Crippen LogP contribution < -0.4 is 0 Å². The van der Waals surface area contributed by atoms with E-state index in [2.05, 4.69) is 11.1 Å². The highest BCUT2D eigenvalue weighted by Crippen LogP contribution is 2.41. The predicted molar refractivity (Wildman–Crippen MR) is 66.9 cm³/mol. The maximum absolute atomic E-state index is 12.2. The van der Waals surface area contributed by atoms with Crippen LogP contribution >= 0.6 is 0 Å². The summed E-state index contributed by atoms with van der Waals surface area (Å²) in [4.78, 5) is 16.7. The van der Waals surface area contributed by atoms with Crippen LogP contribution in [0.3, 0.4) is 0 Å². The van der Waals surface area contributed by atoms with Crippen LogP contribution in [0.2, 0.25) is 0 Å². The van der Waals surface area contributed by atoms with E-state index in [0.717, 1.165) is 32.1 Å². The van der Waals surface area contributed by atoms with E-state index >= 15 is 0 Å². The van der Waals surface area contributed by atoms with Gasteiger partial charge in [-0.15, -0.1) is 0 Å². The molecule has 0 aromatic carbocycles. The Morgan fingerprint density at radius 1 is 1.06 bits per heavy atom. The summed E-state index contributed by atoms with van der Waals surface area (Å²) < 4.78 is 0. The molecule has 0 radical (unpaired) electrons. The molecule has 2 nitrogen and oxygen atoms in total. The molecule has 1 saturated carbocycles. The third-order valence-electron chi connectivity index (χ3n) is 4.34. The Bertz CT molecular complexity index is 427. The molecule has 0 bridgehead atoms. The second-order valence-electron chi connectivity index (χ2n) is 5.37. The summed E-state index contributed by atoms with van der Waals surface area (Å²) in [5.41, 5.74) is 2.59. The van der Waals surface area contributed by atoms with Crippen LogP contribution in [0.5, 0.6) is 0 Å². The zero-order chi connectivity index (χ0) is 11.7. The topological polar surface area (TPSA) is 30.0 Å². The third-order valence-corrected chi connectivity index (χ3v) is 4.34. The van der Waals surface area contributed by atoms with Gasteiger partial charge in [0, 0.05) is 30.1 Å². The normalized spacial score (nSPS) is 28.8. The van der Waals surface area contributed by atoms with Crippen molar-refractivity contribution >= 4 is 5.78 Å². The molecular formula is C15H19NO. The van der Waals surface area contributed by atoms with E-state index in [9.17, 15) is 4.79 Å². The lowest BCUT2D eigenvalue weighted by Crippen LogP contribution is -2.20. The van der Waals surface area contributed by atoms with Crippen LogP contribution in [0.1, 0.15) is 55.7 Å². The molecule has 0 N–H and O–H groups in total. The monoisotopic (exact) mass is 229 g/mol. The number of Topliss-reactive ketones (excluding diaryl/α,β-unsaturated/α-hetero) is 1. The molecule has 1 aromatic heterocycles. The molecule has 90 valence electrons. The van der Waals surface area contributed by atoms with Crippen LogP contribution in [0.15, 0.2) is 18.3 Å². The molecule has 1 heterocycles. The summed E-state index contributed by atoms with van der Waals surface area (Å²) in [6.07, 6.45) is 9.53. The van der Waals surface area contributed by atoms with Gasteiger partial charge in [0.25, 0.3) is 0 Å². The number of hydrogen-bond donors (Lipinski definition) is 0. The van der Waals surface area contributed by atoms with Gasteiger partial charge in [-0.3, -0.25) is 9.78 Å². The largest absolute Gasteiger partial charge is 0.299 e. The van der Waals surface area contributed by atoms with E-state index in [4.69, 9.17) is 0 Å². The van der Waals surface area contributed by atoms with E-state index in [0.29, 0.717) is 11.7 Å². The van der Waals surface area contributed by atoms with Crippen molar-refractivity contribution in [3.63, 3.8) is 0 Å². The van der Waals surface area contributed by atoms with E-state index < -0.39 is 0 Å². The number of hydrogen-bond acceptors (Lipinski definition) is 2. The first-order valence-electron chi connectivity index (χ1n) is 6.83. The van der Waals surface area contributed by atoms with Crippen LogP contribution in [-0.2, 0) is 11.2 Å². The minimum Gasteiger partial charge on any atom is -0.299 e. The lowest BCUT2D eigenvalue weighted by atomic mass is 9.83. The van der Waals surface area contributed by atoms with Crippen LogP contribution in [0.4, 0.5) is 0 Å². The van der Waals surface area contributed by atoms with Crippen LogP contribution in [0.25, 0.3) is 0 Å². The molecule has 3 rings (SSSR count). The van der Waals surface area contributed by atoms with Crippen LogP contribution in [-0.4, -0.2) is 10.8 Å². The Labute approximate surface area is 102 Å². The fourth-order valence-corrected chi connectivity index (χ4v) is 3.45. The number of carbonyl (C=O) groups excluding carboxylic acids is 1. The number of fused-ring (bicyclic) bond motifs is 1. The van der Waals surface area contributed by atoms with Crippen molar-refractivity contribution in [2.24, 2.45) is 5.92 Å². The van der Waals surface area contributed by atoms with Gasteiger partial charge in [-0.05, 0) is 37.3 Å². The second-order valence-corrected chi connectivity index (χ2v) is 5.37. The minimum atomic E-state index is 0.258. The SMILES string of the molecule is O=C1CCCCCC1C1CCc2cccnc21. The van der Waals surface area contributed by atoms with Crippen molar-refractivity contribution < 1.29 is 4.79 Å². The summed E-state index contributed by atoms with van der Waals surface area (Å²) in [7, 11) is 0. The van der Waals surface area contributed by atoms with Gasteiger partial charge < -0.3 is 0 Å². The highest BCUT2D eigenvalue weighted by molar-refractivity contribution is 5.82. The first kappa shape index (κ1) is 10.9. The molecule has 1 aromatic rings. The summed E-state index contributed by atoms with van der Waals surface area (Å²) in [6, 6.07) is 4.18. The predicted octanol–water partition coefficient (Wildman–Crippen LogP) is 3.26. The van der Waals surface area contributed by atoms with Gasteiger partial charge in [-0.1, -0.05) is 18.9 Å². The van der Waals surface area contributed by atoms with Gasteiger partial charge in [-0.25, -0.2) is 0 Å². The molecule has 0 spiro atoms. The lowest BCUT2D eigenvalue weighted by Gasteiger charge is -2.20. The van der Waals surface area contributed by atoms with Crippen molar-refractivity contribution in [1.82, 2.24) is 4.98 Å². The molecule has 0 saturated heterocycles.